The number of nitrogens with zero attached hydrogens (tertiary/aromatic N) is 3. The molecular weight excluding hydrogens is 384 g/mol. The van der Waals surface area contributed by atoms with Gasteiger partial charge in [-0.1, -0.05) is 54.2 Å². The second-order valence-electron chi connectivity index (χ2n) is 7.40. The molecule has 0 amide bonds. The maximum Gasteiger partial charge on any atom is 0.230 e. The van der Waals surface area contributed by atoms with Crippen molar-refractivity contribution >= 4 is 17.6 Å². The standard InChI is InChI=1S/C22H18N4O2S/c23-13-20-18(21(20,14-24)22(26-19(20)25)28-9-10-29-22)16-7-4-8-17(11-16)27-12-15-5-2-1-3-6-15/h1-8,11,18H,9-10,12H2,(H2,25,26)/t18-,20-,21-,22-/m1/s1. The fraction of sp³-hybridized carbons (Fsp3) is 0.318. The van der Waals surface area contributed by atoms with Crippen molar-refractivity contribution in [3.63, 3.8) is 0 Å². The zero-order chi connectivity index (χ0) is 20.1. The molecule has 144 valence electrons. The first-order chi connectivity index (χ1) is 14.1. The van der Waals surface area contributed by atoms with Crippen molar-refractivity contribution in [2.75, 3.05) is 12.4 Å². The maximum absolute atomic E-state index is 10.2. The van der Waals surface area contributed by atoms with Gasteiger partial charge in [-0.05, 0) is 23.3 Å². The Morgan fingerprint density at radius 3 is 2.69 bits per heavy atom. The summed E-state index contributed by atoms with van der Waals surface area (Å²) in [5.41, 5.74) is 5.84. The van der Waals surface area contributed by atoms with Crippen LogP contribution in [0.2, 0.25) is 0 Å². The van der Waals surface area contributed by atoms with E-state index in [1.165, 1.54) is 11.8 Å². The van der Waals surface area contributed by atoms with Crippen molar-refractivity contribution in [1.29, 1.82) is 10.5 Å². The molecule has 6 nitrogen and oxygen atoms in total. The Labute approximate surface area is 172 Å². The molecule has 2 N–H and O–H groups in total. The van der Waals surface area contributed by atoms with Crippen LogP contribution in [0.3, 0.4) is 0 Å². The number of amidine groups is 1. The monoisotopic (exact) mass is 402 g/mol. The third kappa shape index (κ3) is 2.17. The van der Waals surface area contributed by atoms with Gasteiger partial charge in [-0.3, -0.25) is 0 Å². The molecule has 1 aliphatic carbocycles. The quantitative estimate of drug-likeness (QED) is 0.842. The normalized spacial score (nSPS) is 34.1. The van der Waals surface area contributed by atoms with E-state index in [0.717, 1.165) is 11.1 Å². The lowest BCUT2D eigenvalue weighted by atomic mass is 9.95. The van der Waals surface area contributed by atoms with Crippen LogP contribution in [0, 0.1) is 33.5 Å². The van der Waals surface area contributed by atoms with Crippen molar-refractivity contribution < 1.29 is 9.47 Å². The van der Waals surface area contributed by atoms with Crippen LogP contribution in [0.25, 0.3) is 0 Å². The SMILES string of the molecule is N#C[C@@]12[C@H](c3cccc(OCc4ccccc4)c3)[C@]1(C#N)C(N)=N[C@@]21OCCS1. The van der Waals surface area contributed by atoms with E-state index in [1.54, 1.807) is 0 Å². The smallest absolute Gasteiger partial charge is 0.230 e. The van der Waals surface area contributed by atoms with Crippen LogP contribution in [0.15, 0.2) is 59.6 Å². The van der Waals surface area contributed by atoms with Crippen molar-refractivity contribution in [3.05, 3.63) is 65.7 Å². The van der Waals surface area contributed by atoms with E-state index >= 15 is 0 Å². The third-order valence-electron chi connectivity index (χ3n) is 6.05. The highest BCUT2D eigenvalue weighted by Gasteiger charge is 2.93. The molecule has 0 bridgehead atoms. The predicted octanol–water partition coefficient (Wildman–Crippen LogP) is 3.17. The van der Waals surface area contributed by atoms with Crippen molar-refractivity contribution in [2.45, 2.75) is 17.6 Å². The van der Waals surface area contributed by atoms with Crippen LogP contribution < -0.4 is 10.5 Å². The van der Waals surface area contributed by atoms with Crippen LogP contribution in [-0.2, 0) is 11.3 Å². The largest absolute Gasteiger partial charge is 0.489 e. The Kier molecular flexibility index (Phi) is 3.89. The van der Waals surface area contributed by atoms with Crippen molar-refractivity contribution in [2.24, 2.45) is 21.6 Å². The second-order valence-corrected chi connectivity index (χ2v) is 8.65. The minimum atomic E-state index is -1.17. The van der Waals surface area contributed by atoms with Gasteiger partial charge in [0.1, 0.15) is 23.6 Å². The van der Waals surface area contributed by atoms with E-state index in [4.69, 9.17) is 15.2 Å². The van der Waals surface area contributed by atoms with Crippen LogP contribution in [0.4, 0.5) is 0 Å². The van der Waals surface area contributed by atoms with Gasteiger partial charge in [0.2, 0.25) is 5.06 Å². The molecule has 3 aliphatic rings. The second kappa shape index (κ2) is 6.25. The fourth-order valence-corrected chi connectivity index (χ4v) is 6.07. The number of hydrogen-bond donors (Lipinski definition) is 1. The summed E-state index contributed by atoms with van der Waals surface area (Å²) in [4.78, 5) is 4.47. The van der Waals surface area contributed by atoms with Gasteiger partial charge >= 0.3 is 0 Å². The first kappa shape index (κ1) is 18.1. The average Bonchev–Trinajstić information content (AvgIpc) is 3.02. The van der Waals surface area contributed by atoms with E-state index in [1.807, 2.05) is 54.6 Å². The first-order valence-corrected chi connectivity index (χ1v) is 10.3. The first-order valence-electron chi connectivity index (χ1n) is 9.36. The van der Waals surface area contributed by atoms with Crippen LogP contribution in [0.1, 0.15) is 17.0 Å². The van der Waals surface area contributed by atoms with Gasteiger partial charge in [0, 0.05) is 11.7 Å². The zero-order valence-corrected chi connectivity index (χ0v) is 16.4. The molecule has 1 spiro atoms. The van der Waals surface area contributed by atoms with Crippen LogP contribution in [-0.4, -0.2) is 23.3 Å². The highest BCUT2D eigenvalue weighted by molar-refractivity contribution is 8.00. The molecule has 0 aromatic heterocycles. The molecule has 2 fully saturated rings. The summed E-state index contributed by atoms with van der Waals surface area (Å²) in [5.74, 6) is 1.18. The predicted molar refractivity (Wildman–Crippen MR) is 109 cm³/mol. The van der Waals surface area contributed by atoms with E-state index in [9.17, 15) is 10.5 Å². The molecule has 2 aliphatic heterocycles. The number of hydrogen-bond acceptors (Lipinski definition) is 7. The molecule has 4 atom stereocenters. The third-order valence-corrected chi connectivity index (χ3v) is 7.34. The van der Waals surface area contributed by atoms with E-state index < -0.39 is 21.8 Å². The highest BCUT2D eigenvalue weighted by Crippen LogP contribution is 2.84. The fourth-order valence-electron chi connectivity index (χ4n) is 4.74. The van der Waals surface area contributed by atoms with Gasteiger partial charge in [-0.25, -0.2) is 4.99 Å². The number of benzene rings is 2. The van der Waals surface area contributed by atoms with E-state index in [2.05, 4.69) is 17.1 Å². The van der Waals surface area contributed by atoms with Crippen LogP contribution >= 0.6 is 11.8 Å². The number of thioether (sulfide) groups is 1. The maximum atomic E-state index is 10.2. The van der Waals surface area contributed by atoms with E-state index in [0.29, 0.717) is 24.7 Å². The van der Waals surface area contributed by atoms with Crippen molar-refractivity contribution in [1.82, 2.24) is 0 Å². The highest BCUT2D eigenvalue weighted by atomic mass is 32.2. The Morgan fingerprint density at radius 2 is 2.00 bits per heavy atom. The van der Waals surface area contributed by atoms with Gasteiger partial charge in [0.15, 0.2) is 5.41 Å². The van der Waals surface area contributed by atoms with Gasteiger partial charge in [0.05, 0.1) is 18.7 Å². The molecule has 7 heteroatoms. The average molecular weight is 402 g/mol. The number of rotatable bonds is 4. The molecule has 2 aromatic carbocycles. The van der Waals surface area contributed by atoms with Gasteiger partial charge in [-0.15, -0.1) is 0 Å². The zero-order valence-electron chi connectivity index (χ0n) is 15.5. The number of aliphatic imine (C=N–C) groups is 1. The molecule has 5 rings (SSSR count). The molecule has 29 heavy (non-hydrogen) atoms. The Morgan fingerprint density at radius 1 is 1.17 bits per heavy atom. The summed E-state index contributed by atoms with van der Waals surface area (Å²) in [7, 11) is 0. The summed E-state index contributed by atoms with van der Waals surface area (Å²) >= 11 is 1.46. The minimum Gasteiger partial charge on any atom is -0.489 e. The summed E-state index contributed by atoms with van der Waals surface area (Å²) in [6.45, 7) is 0.924. The Balaban J connectivity index is 1.50. The van der Waals surface area contributed by atoms with Gasteiger partial charge < -0.3 is 15.2 Å². The molecule has 1 saturated carbocycles. The lowest BCUT2D eigenvalue weighted by molar-refractivity contribution is 0.0200. The molecule has 2 heterocycles. The number of nitriles is 2. The van der Waals surface area contributed by atoms with Crippen LogP contribution in [0.5, 0.6) is 5.75 Å². The molecule has 0 radical (unpaired) electrons. The van der Waals surface area contributed by atoms with Gasteiger partial charge in [0.25, 0.3) is 0 Å². The summed E-state index contributed by atoms with van der Waals surface area (Å²) in [6, 6.07) is 22.2. The molecule has 1 saturated heterocycles. The van der Waals surface area contributed by atoms with Gasteiger partial charge in [-0.2, -0.15) is 10.5 Å². The molecular formula is C22H18N4O2S. The summed E-state index contributed by atoms with van der Waals surface area (Å²) < 4.78 is 11.9. The Hall–Kier alpha value is -3.00. The van der Waals surface area contributed by atoms with Crippen molar-refractivity contribution in [3.8, 4) is 17.9 Å². The minimum absolute atomic E-state index is 0.191. The number of nitrogens with two attached hydrogens (primary N) is 1. The summed E-state index contributed by atoms with van der Waals surface area (Å²) in [5, 5.41) is 19.2. The molecule has 2 aromatic rings. The molecule has 0 unspecified atom stereocenters. The lowest BCUT2D eigenvalue weighted by Crippen LogP contribution is -2.34. The summed E-state index contributed by atoms with van der Waals surface area (Å²) in [6.07, 6.45) is 0. The van der Waals surface area contributed by atoms with E-state index in [-0.39, 0.29) is 5.84 Å². The topological polar surface area (TPSA) is 104 Å². The number of ether oxygens (including phenoxy) is 2. The Bertz CT molecular complexity index is 1080. The lowest BCUT2D eigenvalue weighted by Gasteiger charge is -2.26. The number of fused-ring (bicyclic) bond motifs is 2.